The maximum atomic E-state index is 13.5. The van der Waals surface area contributed by atoms with Gasteiger partial charge in [-0.1, -0.05) is 30.3 Å². The van der Waals surface area contributed by atoms with Crippen LogP contribution in [-0.4, -0.2) is 31.1 Å². The average molecular weight is 509 g/mol. The summed E-state index contributed by atoms with van der Waals surface area (Å²) in [7, 11) is 0. The second-order valence-electron chi connectivity index (χ2n) is 8.94. The van der Waals surface area contributed by atoms with E-state index in [0.29, 0.717) is 31.7 Å². The van der Waals surface area contributed by atoms with Crippen molar-refractivity contribution in [2.24, 2.45) is 0 Å². The van der Waals surface area contributed by atoms with E-state index in [0.717, 1.165) is 17.8 Å². The van der Waals surface area contributed by atoms with Gasteiger partial charge in [-0.2, -0.15) is 26.3 Å². The second-order valence-corrected chi connectivity index (χ2v) is 8.94. The molecule has 0 N–H and O–H groups in total. The van der Waals surface area contributed by atoms with E-state index in [-0.39, 0.29) is 23.9 Å². The normalized spacial score (nSPS) is 17.2. The van der Waals surface area contributed by atoms with Crippen LogP contribution in [0.4, 0.5) is 36.4 Å². The molecule has 1 unspecified atom stereocenters. The van der Waals surface area contributed by atoms with Gasteiger partial charge in [0, 0.05) is 31.9 Å². The molecule has 1 aliphatic heterocycles. The molecule has 1 heterocycles. The van der Waals surface area contributed by atoms with E-state index < -0.39 is 29.0 Å². The van der Waals surface area contributed by atoms with Crippen molar-refractivity contribution < 1.29 is 30.7 Å². The van der Waals surface area contributed by atoms with Gasteiger partial charge in [0.05, 0.1) is 16.7 Å². The van der Waals surface area contributed by atoms with Crippen molar-refractivity contribution in [1.82, 2.24) is 4.90 Å². The van der Waals surface area contributed by atoms with Crippen LogP contribution in [0, 0.1) is 12.7 Å². The van der Waals surface area contributed by atoms with Gasteiger partial charge in [-0.05, 0) is 66.9 Å². The van der Waals surface area contributed by atoms with Crippen LogP contribution in [0.2, 0.25) is 0 Å². The zero-order valence-electron chi connectivity index (χ0n) is 19.2. The van der Waals surface area contributed by atoms with Gasteiger partial charge < -0.3 is 4.90 Å². The van der Waals surface area contributed by atoms with Crippen LogP contribution in [0.3, 0.4) is 0 Å². The SMILES string of the molecule is [CH2]C(Cc1cc(C(F)(F)F)cc(C(F)(F)F)c1)(c1ccccc1)N1CCN(c2ccc(F)cc2)CC1. The first-order chi connectivity index (χ1) is 16.9. The van der Waals surface area contributed by atoms with Crippen LogP contribution in [0.15, 0.2) is 72.8 Å². The van der Waals surface area contributed by atoms with E-state index in [4.69, 9.17) is 0 Å². The van der Waals surface area contributed by atoms with Gasteiger partial charge >= 0.3 is 12.4 Å². The first-order valence-corrected chi connectivity index (χ1v) is 11.3. The third-order valence-electron chi connectivity index (χ3n) is 6.53. The molecule has 0 bridgehead atoms. The number of rotatable bonds is 5. The van der Waals surface area contributed by atoms with Crippen LogP contribution in [0.25, 0.3) is 0 Å². The predicted molar refractivity (Wildman–Crippen MR) is 124 cm³/mol. The number of hydrogen-bond acceptors (Lipinski definition) is 2. The molecule has 1 radical (unpaired) electrons. The second kappa shape index (κ2) is 9.76. The first kappa shape index (κ1) is 26.0. The molecule has 4 rings (SSSR count). The van der Waals surface area contributed by atoms with Gasteiger partial charge in [-0.25, -0.2) is 4.39 Å². The van der Waals surface area contributed by atoms with E-state index in [1.54, 1.807) is 42.5 Å². The zero-order valence-corrected chi connectivity index (χ0v) is 19.2. The number of nitrogens with zero attached hydrogens (tertiary/aromatic N) is 2. The molecule has 0 amide bonds. The summed E-state index contributed by atoms with van der Waals surface area (Å²) in [5.74, 6) is -0.349. The Bertz CT molecular complexity index is 1130. The lowest BCUT2D eigenvalue weighted by Gasteiger charge is -2.47. The summed E-state index contributed by atoms with van der Waals surface area (Å²) < 4.78 is 94.0. The molecule has 1 saturated heterocycles. The zero-order chi connectivity index (χ0) is 26.1. The van der Waals surface area contributed by atoms with Crippen LogP contribution < -0.4 is 4.90 Å². The highest BCUT2D eigenvalue weighted by molar-refractivity contribution is 5.47. The van der Waals surface area contributed by atoms with Gasteiger partial charge in [0.1, 0.15) is 5.82 Å². The smallest absolute Gasteiger partial charge is 0.369 e. The molecule has 191 valence electrons. The summed E-state index contributed by atoms with van der Waals surface area (Å²) in [6.07, 6.45) is -10.00. The Morgan fingerprint density at radius 3 is 1.69 bits per heavy atom. The average Bonchev–Trinajstić information content (AvgIpc) is 2.84. The van der Waals surface area contributed by atoms with Crippen molar-refractivity contribution >= 4 is 5.69 Å². The van der Waals surface area contributed by atoms with Crippen LogP contribution >= 0.6 is 0 Å². The number of hydrogen-bond donors (Lipinski definition) is 0. The summed E-state index contributed by atoms with van der Waals surface area (Å²) in [5.41, 5.74) is -2.38. The number of halogens is 7. The molecular weight excluding hydrogens is 485 g/mol. The minimum absolute atomic E-state index is 0.100. The summed E-state index contributed by atoms with van der Waals surface area (Å²) in [6.45, 7) is 6.33. The Balaban J connectivity index is 1.67. The van der Waals surface area contributed by atoms with Crippen molar-refractivity contribution in [3.63, 3.8) is 0 Å². The molecule has 1 aliphatic rings. The molecule has 3 aromatic carbocycles. The summed E-state index contributed by atoms with van der Waals surface area (Å²) in [4.78, 5) is 4.03. The van der Waals surface area contributed by atoms with Crippen molar-refractivity contribution in [1.29, 1.82) is 0 Å². The fourth-order valence-corrected chi connectivity index (χ4v) is 4.65. The van der Waals surface area contributed by atoms with Crippen LogP contribution in [-0.2, 0) is 24.3 Å². The molecular formula is C27H24F7N2. The van der Waals surface area contributed by atoms with Crippen LogP contribution in [0.5, 0.6) is 0 Å². The van der Waals surface area contributed by atoms with E-state index in [1.807, 2.05) is 9.80 Å². The van der Waals surface area contributed by atoms with E-state index in [1.165, 1.54) is 12.1 Å². The van der Waals surface area contributed by atoms with E-state index >= 15 is 0 Å². The number of alkyl halides is 6. The summed E-state index contributed by atoms with van der Waals surface area (Å²) >= 11 is 0. The fraction of sp³-hybridized carbons (Fsp3) is 0.296. The van der Waals surface area contributed by atoms with Gasteiger partial charge in [0.15, 0.2) is 0 Å². The molecule has 36 heavy (non-hydrogen) atoms. The van der Waals surface area contributed by atoms with Crippen molar-refractivity contribution in [3.05, 3.63) is 108 Å². The van der Waals surface area contributed by atoms with Gasteiger partial charge in [-0.15, -0.1) is 0 Å². The molecule has 0 aromatic heterocycles. The molecule has 3 aromatic rings. The van der Waals surface area contributed by atoms with Gasteiger partial charge in [-0.3, -0.25) is 4.90 Å². The highest BCUT2D eigenvalue weighted by Gasteiger charge is 2.40. The van der Waals surface area contributed by atoms with E-state index in [2.05, 4.69) is 6.92 Å². The molecule has 0 saturated carbocycles. The number of anilines is 1. The van der Waals surface area contributed by atoms with E-state index in [9.17, 15) is 30.7 Å². The lowest BCUT2D eigenvalue weighted by Crippen LogP contribution is -2.55. The summed E-state index contributed by atoms with van der Waals surface area (Å²) in [5, 5.41) is 0. The first-order valence-electron chi connectivity index (χ1n) is 11.3. The Morgan fingerprint density at radius 2 is 1.19 bits per heavy atom. The van der Waals surface area contributed by atoms with Crippen molar-refractivity contribution in [2.45, 2.75) is 24.3 Å². The predicted octanol–water partition coefficient (Wildman–Crippen LogP) is 6.96. The third kappa shape index (κ3) is 5.67. The maximum absolute atomic E-state index is 13.5. The van der Waals surface area contributed by atoms with Gasteiger partial charge in [0.2, 0.25) is 0 Å². The summed E-state index contributed by atoms with van der Waals surface area (Å²) in [6, 6.07) is 16.6. The molecule has 9 heteroatoms. The Morgan fingerprint density at radius 1 is 0.667 bits per heavy atom. The maximum Gasteiger partial charge on any atom is 0.416 e. The Kier molecular flexibility index (Phi) is 7.05. The highest BCUT2D eigenvalue weighted by Crippen LogP contribution is 2.39. The van der Waals surface area contributed by atoms with Crippen molar-refractivity contribution in [2.75, 3.05) is 31.1 Å². The third-order valence-corrected chi connectivity index (χ3v) is 6.53. The Labute approximate surface area is 205 Å². The molecule has 1 atom stereocenters. The van der Waals surface area contributed by atoms with Gasteiger partial charge in [0.25, 0.3) is 0 Å². The monoisotopic (exact) mass is 509 g/mol. The highest BCUT2D eigenvalue weighted by atomic mass is 19.4. The quantitative estimate of drug-likeness (QED) is 0.343. The molecule has 1 fully saturated rings. The molecule has 2 nitrogen and oxygen atoms in total. The molecule has 0 spiro atoms. The lowest BCUT2D eigenvalue weighted by atomic mass is 9.82. The fourth-order valence-electron chi connectivity index (χ4n) is 4.65. The topological polar surface area (TPSA) is 6.48 Å². The standard InChI is InChI=1S/C27H24F7N2/c1-25(20-5-3-2-4-6-20,36-13-11-35(12-14-36)24-9-7-23(28)8-10-24)18-19-15-21(26(29,30)31)17-22(16-19)27(32,33)34/h2-10,15-17H,1,11-14,18H2. The molecule has 0 aliphatic carbocycles. The minimum atomic E-state index is -4.92. The lowest BCUT2D eigenvalue weighted by molar-refractivity contribution is -0.143. The van der Waals surface area contributed by atoms with Crippen LogP contribution in [0.1, 0.15) is 22.3 Å². The van der Waals surface area contributed by atoms with Crippen molar-refractivity contribution in [3.8, 4) is 0 Å². The Hall–Kier alpha value is -3.07. The number of piperazine rings is 1. The minimum Gasteiger partial charge on any atom is -0.369 e. The largest absolute Gasteiger partial charge is 0.416 e. The number of benzene rings is 3.